The van der Waals surface area contributed by atoms with Crippen molar-refractivity contribution in [2.75, 3.05) is 32.8 Å². The number of carboxylic acids is 1. The van der Waals surface area contributed by atoms with Crippen LogP contribution in [0.2, 0.25) is 0 Å². The van der Waals surface area contributed by atoms with Gasteiger partial charge < -0.3 is 20.3 Å². The Bertz CT molecular complexity index is 310. The molecule has 1 fully saturated rings. The van der Waals surface area contributed by atoms with Gasteiger partial charge in [0.2, 0.25) is 5.91 Å². The van der Waals surface area contributed by atoms with Crippen molar-refractivity contribution >= 4 is 11.9 Å². The van der Waals surface area contributed by atoms with Gasteiger partial charge in [-0.15, -0.1) is 0 Å². The molecular weight excluding hydrogens is 252 g/mol. The van der Waals surface area contributed by atoms with Crippen LogP contribution in [0.4, 0.5) is 0 Å². The minimum atomic E-state index is -1.05. The van der Waals surface area contributed by atoms with E-state index in [0.29, 0.717) is 19.7 Å². The van der Waals surface area contributed by atoms with Crippen molar-refractivity contribution in [1.29, 1.82) is 0 Å². The molecule has 2 atom stereocenters. The minimum Gasteiger partial charge on any atom is -0.481 e. The van der Waals surface area contributed by atoms with Crippen LogP contribution in [0.3, 0.4) is 0 Å². The summed E-state index contributed by atoms with van der Waals surface area (Å²) in [6.45, 7) is 4.00. The molecule has 3 N–H and O–H groups in total. The highest BCUT2D eigenvalue weighted by Gasteiger charge is 2.30. The fraction of sp³-hybridized carbons (Fsp3) is 0.833. The zero-order valence-corrected chi connectivity index (χ0v) is 11.2. The predicted molar refractivity (Wildman–Crippen MR) is 67.7 cm³/mol. The third kappa shape index (κ3) is 5.54. The monoisotopic (exact) mass is 274 g/mol. The molecular formula is C12H22N2O5. The molecule has 7 heteroatoms. The third-order valence-corrected chi connectivity index (χ3v) is 2.95. The average molecular weight is 274 g/mol. The van der Waals surface area contributed by atoms with Crippen LogP contribution in [-0.2, 0) is 14.3 Å². The van der Waals surface area contributed by atoms with Crippen molar-refractivity contribution in [3.8, 4) is 0 Å². The second-order valence-corrected chi connectivity index (χ2v) is 4.63. The summed E-state index contributed by atoms with van der Waals surface area (Å²) in [7, 11) is 0. The van der Waals surface area contributed by atoms with E-state index in [9.17, 15) is 14.7 Å². The quantitative estimate of drug-likeness (QED) is 0.553. The maximum Gasteiger partial charge on any atom is 0.306 e. The van der Waals surface area contributed by atoms with Gasteiger partial charge in [-0.1, -0.05) is 6.92 Å². The number of nitrogens with one attached hydrogen (secondary N) is 1. The number of hydrogen-bond donors (Lipinski definition) is 3. The maximum atomic E-state index is 11.9. The lowest BCUT2D eigenvalue weighted by Gasteiger charge is -2.35. The van der Waals surface area contributed by atoms with Gasteiger partial charge in [0.1, 0.15) is 6.04 Å². The van der Waals surface area contributed by atoms with E-state index in [0.717, 1.165) is 6.42 Å². The summed E-state index contributed by atoms with van der Waals surface area (Å²) in [4.78, 5) is 24.2. The molecule has 2 unspecified atom stereocenters. The Kier molecular flexibility index (Phi) is 6.75. The Balaban J connectivity index is 2.51. The number of β-amino-alcohol motifs (C(OH)–C–C–N with tert-alkyl or cyclic N) is 1. The molecule has 7 nitrogen and oxygen atoms in total. The van der Waals surface area contributed by atoms with E-state index in [-0.39, 0.29) is 25.5 Å². The first-order chi connectivity index (χ1) is 9.04. The Morgan fingerprint density at radius 1 is 1.53 bits per heavy atom. The number of aliphatic carboxylic acids is 1. The molecule has 19 heavy (non-hydrogen) atoms. The first-order valence-corrected chi connectivity index (χ1v) is 6.54. The van der Waals surface area contributed by atoms with Gasteiger partial charge in [0.05, 0.1) is 25.7 Å². The van der Waals surface area contributed by atoms with Crippen molar-refractivity contribution < 1.29 is 24.5 Å². The van der Waals surface area contributed by atoms with E-state index in [1.165, 1.54) is 0 Å². The lowest BCUT2D eigenvalue weighted by atomic mass is 10.1. The number of rotatable bonds is 7. The Morgan fingerprint density at radius 2 is 2.26 bits per heavy atom. The molecule has 1 rings (SSSR count). The standard InChI is InChI=1S/C12H22N2O5/c1-2-3-13-12(18)10-8-19-5-4-14(10)7-9(15)6-11(16)17/h9-10,15H,2-8H2,1H3,(H,13,18)(H,16,17). The highest BCUT2D eigenvalue weighted by atomic mass is 16.5. The van der Waals surface area contributed by atoms with Crippen LogP contribution in [0.1, 0.15) is 19.8 Å². The summed E-state index contributed by atoms with van der Waals surface area (Å²) in [6.07, 6.45) is -0.446. The molecule has 1 saturated heterocycles. The van der Waals surface area contributed by atoms with Crippen molar-refractivity contribution in [2.24, 2.45) is 0 Å². The third-order valence-electron chi connectivity index (χ3n) is 2.95. The summed E-state index contributed by atoms with van der Waals surface area (Å²) in [5.74, 6) is -1.18. The fourth-order valence-electron chi connectivity index (χ4n) is 2.00. The molecule has 0 aromatic rings. The molecule has 1 aliphatic rings. The van der Waals surface area contributed by atoms with Crippen LogP contribution >= 0.6 is 0 Å². The van der Waals surface area contributed by atoms with Crippen molar-refractivity contribution in [3.63, 3.8) is 0 Å². The largest absolute Gasteiger partial charge is 0.481 e. The zero-order chi connectivity index (χ0) is 14.3. The van der Waals surface area contributed by atoms with Gasteiger partial charge in [-0.2, -0.15) is 0 Å². The van der Waals surface area contributed by atoms with Gasteiger partial charge >= 0.3 is 5.97 Å². The smallest absolute Gasteiger partial charge is 0.306 e. The topological polar surface area (TPSA) is 99.1 Å². The number of carboxylic acid groups (broad SMARTS) is 1. The van der Waals surface area contributed by atoms with Crippen molar-refractivity contribution in [1.82, 2.24) is 10.2 Å². The van der Waals surface area contributed by atoms with Gasteiger partial charge in [0.15, 0.2) is 0 Å². The van der Waals surface area contributed by atoms with E-state index in [1.807, 2.05) is 6.92 Å². The molecule has 1 aliphatic heterocycles. The first-order valence-electron chi connectivity index (χ1n) is 6.54. The molecule has 1 heterocycles. The summed E-state index contributed by atoms with van der Waals surface area (Å²) >= 11 is 0. The second-order valence-electron chi connectivity index (χ2n) is 4.63. The summed E-state index contributed by atoms with van der Waals surface area (Å²) in [5, 5.41) is 21.1. The fourth-order valence-corrected chi connectivity index (χ4v) is 2.00. The lowest BCUT2D eigenvalue weighted by Crippen LogP contribution is -2.55. The van der Waals surface area contributed by atoms with Crippen LogP contribution in [0, 0.1) is 0 Å². The van der Waals surface area contributed by atoms with Gasteiger partial charge in [-0.05, 0) is 6.42 Å². The number of hydrogen-bond acceptors (Lipinski definition) is 5. The van der Waals surface area contributed by atoms with Crippen molar-refractivity contribution in [2.45, 2.75) is 31.9 Å². The molecule has 110 valence electrons. The van der Waals surface area contributed by atoms with Crippen LogP contribution in [-0.4, -0.2) is 72.0 Å². The van der Waals surface area contributed by atoms with E-state index in [1.54, 1.807) is 4.90 Å². The Morgan fingerprint density at radius 3 is 2.89 bits per heavy atom. The van der Waals surface area contributed by atoms with Crippen LogP contribution < -0.4 is 5.32 Å². The van der Waals surface area contributed by atoms with E-state index < -0.39 is 18.1 Å². The van der Waals surface area contributed by atoms with Crippen LogP contribution in [0.5, 0.6) is 0 Å². The van der Waals surface area contributed by atoms with Crippen LogP contribution in [0.25, 0.3) is 0 Å². The number of amides is 1. The number of nitrogens with zero attached hydrogens (tertiary/aromatic N) is 1. The van der Waals surface area contributed by atoms with Crippen molar-refractivity contribution in [3.05, 3.63) is 0 Å². The van der Waals surface area contributed by atoms with Crippen LogP contribution in [0.15, 0.2) is 0 Å². The average Bonchev–Trinajstić information content (AvgIpc) is 2.35. The minimum absolute atomic E-state index is 0.135. The zero-order valence-electron chi connectivity index (χ0n) is 11.2. The summed E-state index contributed by atoms with van der Waals surface area (Å²) < 4.78 is 5.28. The van der Waals surface area contributed by atoms with E-state index in [2.05, 4.69) is 5.32 Å². The summed E-state index contributed by atoms with van der Waals surface area (Å²) in [5.41, 5.74) is 0. The molecule has 0 spiro atoms. The first kappa shape index (κ1) is 15.9. The lowest BCUT2D eigenvalue weighted by molar-refractivity contribution is -0.140. The van der Waals surface area contributed by atoms with E-state index in [4.69, 9.17) is 9.84 Å². The van der Waals surface area contributed by atoms with Gasteiger partial charge in [0, 0.05) is 19.6 Å². The number of carbonyl (C=O) groups is 2. The number of morpholine rings is 1. The number of carbonyl (C=O) groups excluding carboxylic acids is 1. The number of aliphatic hydroxyl groups excluding tert-OH is 1. The molecule has 0 saturated carbocycles. The Labute approximate surface area is 112 Å². The van der Waals surface area contributed by atoms with Gasteiger partial charge in [-0.3, -0.25) is 14.5 Å². The summed E-state index contributed by atoms with van der Waals surface area (Å²) in [6, 6.07) is -0.455. The number of ether oxygens (including phenoxy) is 1. The SMILES string of the molecule is CCCNC(=O)C1COCCN1CC(O)CC(=O)O. The molecule has 1 amide bonds. The van der Waals surface area contributed by atoms with Gasteiger partial charge in [0.25, 0.3) is 0 Å². The highest BCUT2D eigenvalue weighted by molar-refractivity contribution is 5.82. The number of aliphatic hydroxyl groups is 1. The van der Waals surface area contributed by atoms with E-state index >= 15 is 0 Å². The molecule has 0 radical (unpaired) electrons. The second kappa shape index (κ2) is 8.08. The molecule has 0 aliphatic carbocycles. The highest BCUT2D eigenvalue weighted by Crippen LogP contribution is 2.09. The molecule has 0 bridgehead atoms. The van der Waals surface area contributed by atoms with Gasteiger partial charge in [-0.25, -0.2) is 0 Å². The predicted octanol–water partition coefficient (Wildman–Crippen LogP) is -0.951. The Hall–Kier alpha value is -1.18. The molecule has 0 aromatic heterocycles. The molecule has 0 aromatic carbocycles. The normalized spacial score (nSPS) is 21.9. The maximum absolute atomic E-state index is 11.9.